The van der Waals surface area contributed by atoms with Crippen LogP contribution in [0.15, 0.2) is 47.4 Å². The van der Waals surface area contributed by atoms with Crippen molar-refractivity contribution in [3.05, 3.63) is 74.5 Å². The summed E-state index contributed by atoms with van der Waals surface area (Å²) in [6, 6.07) is 10.6. The third-order valence-corrected chi connectivity index (χ3v) is 3.80. The van der Waals surface area contributed by atoms with E-state index in [9.17, 15) is 9.59 Å². The Kier molecular flexibility index (Phi) is 3.92. The van der Waals surface area contributed by atoms with Crippen LogP contribution >= 0.6 is 11.6 Å². The lowest BCUT2D eigenvalue weighted by Gasteiger charge is -2.08. The molecule has 2 aromatic carbocycles. The Labute approximate surface area is 138 Å². The summed E-state index contributed by atoms with van der Waals surface area (Å²) < 4.78 is 0. The number of fused-ring (bicyclic) bond motifs is 1. The van der Waals surface area contributed by atoms with E-state index >= 15 is 0 Å². The number of halogens is 1. The fraction of sp³-hybridized carbons (Fsp3) is 0.111. The van der Waals surface area contributed by atoms with E-state index in [1.165, 1.54) is 6.20 Å². The van der Waals surface area contributed by atoms with Crippen molar-refractivity contribution in [1.29, 1.82) is 0 Å². The topological polar surface area (TPSA) is 62.0 Å². The van der Waals surface area contributed by atoms with Crippen molar-refractivity contribution in [1.82, 2.24) is 4.98 Å². The minimum Gasteiger partial charge on any atom is -0.360 e. The number of carbonyl (C=O) groups excluding carboxylic acids is 1. The summed E-state index contributed by atoms with van der Waals surface area (Å²) in [6.07, 6.45) is 1.42. The second kappa shape index (κ2) is 5.89. The molecule has 3 aromatic rings. The molecule has 0 saturated heterocycles. The predicted octanol–water partition coefficient (Wildman–Crippen LogP) is 4.05. The van der Waals surface area contributed by atoms with Gasteiger partial charge in [-0.1, -0.05) is 17.7 Å². The summed E-state index contributed by atoms with van der Waals surface area (Å²) in [5, 5.41) is 3.73. The monoisotopic (exact) mass is 326 g/mol. The second-order valence-corrected chi connectivity index (χ2v) is 5.99. The number of amides is 1. The smallest absolute Gasteiger partial charge is 0.261 e. The maximum Gasteiger partial charge on any atom is 0.261 e. The van der Waals surface area contributed by atoms with Crippen LogP contribution in [0.3, 0.4) is 0 Å². The third kappa shape index (κ3) is 3.12. The molecule has 1 aromatic heterocycles. The number of aryl methyl sites for hydroxylation is 2. The predicted molar refractivity (Wildman–Crippen MR) is 93.4 cm³/mol. The first-order chi connectivity index (χ1) is 10.9. The van der Waals surface area contributed by atoms with Gasteiger partial charge in [0.15, 0.2) is 0 Å². The number of hydrogen-bond donors (Lipinski definition) is 2. The van der Waals surface area contributed by atoms with Crippen LogP contribution in [0.5, 0.6) is 0 Å². The fourth-order valence-electron chi connectivity index (χ4n) is 2.61. The Morgan fingerprint density at radius 3 is 2.48 bits per heavy atom. The standard InChI is InChI=1S/C18H15ClN2O2/c1-10-5-11(2)7-13(6-10)21-18(23)15-9-20-16-8-12(19)3-4-14(16)17(15)22/h3-9H,1-2H3,(H,20,22)(H,21,23). The number of hydrogen-bond acceptors (Lipinski definition) is 2. The van der Waals surface area contributed by atoms with Gasteiger partial charge in [-0.25, -0.2) is 0 Å². The summed E-state index contributed by atoms with van der Waals surface area (Å²) >= 11 is 5.91. The summed E-state index contributed by atoms with van der Waals surface area (Å²) in [6.45, 7) is 3.91. The van der Waals surface area contributed by atoms with Gasteiger partial charge in [0.25, 0.3) is 5.91 Å². The van der Waals surface area contributed by atoms with Crippen molar-refractivity contribution < 1.29 is 4.79 Å². The van der Waals surface area contributed by atoms with Crippen molar-refractivity contribution in [2.24, 2.45) is 0 Å². The van der Waals surface area contributed by atoms with Crippen molar-refractivity contribution in [3.63, 3.8) is 0 Å². The molecule has 0 spiro atoms. The SMILES string of the molecule is Cc1cc(C)cc(NC(=O)c2c[nH]c3cc(Cl)ccc3c2=O)c1. The minimum atomic E-state index is -0.437. The molecule has 116 valence electrons. The molecule has 0 aliphatic carbocycles. The molecule has 1 amide bonds. The molecule has 4 nitrogen and oxygen atoms in total. The highest BCUT2D eigenvalue weighted by Gasteiger charge is 2.13. The maximum absolute atomic E-state index is 12.5. The Bertz CT molecular complexity index is 956. The zero-order chi connectivity index (χ0) is 16.6. The van der Waals surface area contributed by atoms with Gasteiger partial charge >= 0.3 is 0 Å². The molecule has 0 bridgehead atoms. The average molecular weight is 327 g/mol. The van der Waals surface area contributed by atoms with Crippen LogP contribution in [0, 0.1) is 13.8 Å². The van der Waals surface area contributed by atoms with Crippen LogP contribution in [0.2, 0.25) is 5.02 Å². The molecular formula is C18H15ClN2O2. The van der Waals surface area contributed by atoms with Crippen molar-refractivity contribution in [2.45, 2.75) is 13.8 Å². The van der Waals surface area contributed by atoms with E-state index < -0.39 is 5.91 Å². The average Bonchev–Trinajstić information content (AvgIpc) is 2.46. The van der Waals surface area contributed by atoms with E-state index in [2.05, 4.69) is 10.3 Å². The van der Waals surface area contributed by atoms with E-state index in [1.807, 2.05) is 32.0 Å². The number of rotatable bonds is 2. The van der Waals surface area contributed by atoms with Crippen LogP contribution in [-0.4, -0.2) is 10.9 Å². The lowest BCUT2D eigenvalue weighted by atomic mass is 10.1. The lowest BCUT2D eigenvalue weighted by molar-refractivity contribution is 0.102. The third-order valence-electron chi connectivity index (χ3n) is 3.57. The number of benzene rings is 2. The first kappa shape index (κ1) is 15.3. The number of aromatic nitrogens is 1. The van der Waals surface area contributed by atoms with Gasteiger partial charge in [0, 0.05) is 22.3 Å². The van der Waals surface area contributed by atoms with E-state index in [0.717, 1.165) is 11.1 Å². The molecule has 1 heterocycles. The quantitative estimate of drug-likeness (QED) is 0.746. The number of carbonyl (C=O) groups is 1. The van der Waals surface area contributed by atoms with Gasteiger partial charge < -0.3 is 10.3 Å². The van der Waals surface area contributed by atoms with Gasteiger partial charge in [0.05, 0.1) is 5.52 Å². The van der Waals surface area contributed by atoms with Crippen LogP contribution in [0.4, 0.5) is 5.69 Å². The normalized spacial score (nSPS) is 10.7. The molecule has 5 heteroatoms. The van der Waals surface area contributed by atoms with Crippen molar-refractivity contribution in [3.8, 4) is 0 Å². The van der Waals surface area contributed by atoms with Crippen molar-refractivity contribution >= 4 is 34.1 Å². The zero-order valence-electron chi connectivity index (χ0n) is 12.7. The molecule has 2 N–H and O–H groups in total. The maximum atomic E-state index is 12.5. The highest BCUT2D eigenvalue weighted by Crippen LogP contribution is 2.17. The molecule has 0 aliphatic rings. The van der Waals surface area contributed by atoms with E-state index in [-0.39, 0.29) is 11.0 Å². The van der Waals surface area contributed by atoms with Gasteiger partial charge in [-0.2, -0.15) is 0 Å². The first-order valence-electron chi connectivity index (χ1n) is 7.14. The molecule has 3 rings (SSSR count). The summed E-state index contributed by atoms with van der Waals surface area (Å²) in [4.78, 5) is 27.8. The highest BCUT2D eigenvalue weighted by atomic mass is 35.5. The number of anilines is 1. The van der Waals surface area contributed by atoms with Crippen LogP contribution in [-0.2, 0) is 0 Å². The first-order valence-corrected chi connectivity index (χ1v) is 7.52. The molecule has 0 saturated carbocycles. The van der Waals surface area contributed by atoms with Gasteiger partial charge in [0.2, 0.25) is 5.43 Å². The Balaban J connectivity index is 1.99. The van der Waals surface area contributed by atoms with Gasteiger partial charge in [0.1, 0.15) is 5.56 Å². The Morgan fingerprint density at radius 1 is 1.09 bits per heavy atom. The number of pyridine rings is 1. The van der Waals surface area contributed by atoms with Crippen molar-refractivity contribution in [2.75, 3.05) is 5.32 Å². The summed E-state index contributed by atoms with van der Waals surface area (Å²) in [5.41, 5.74) is 3.11. The lowest BCUT2D eigenvalue weighted by Crippen LogP contribution is -2.22. The molecule has 0 aliphatic heterocycles. The highest BCUT2D eigenvalue weighted by molar-refractivity contribution is 6.31. The number of H-pyrrole nitrogens is 1. The Morgan fingerprint density at radius 2 is 1.78 bits per heavy atom. The fourth-order valence-corrected chi connectivity index (χ4v) is 2.78. The number of aromatic amines is 1. The van der Waals surface area contributed by atoms with E-state index in [1.54, 1.807) is 18.2 Å². The van der Waals surface area contributed by atoms with Crippen LogP contribution in [0.1, 0.15) is 21.5 Å². The molecule has 0 radical (unpaired) electrons. The van der Waals surface area contributed by atoms with Gasteiger partial charge in [-0.3, -0.25) is 9.59 Å². The molecular weight excluding hydrogens is 312 g/mol. The zero-order valence-corrected chi connectivity index (χ0v) is 13.5. The molecule has 0 atom stereocenters. The van der Waals surface area contributed by atoms with Crippen LogP contribution in [0.25, 0.3) is 10.9 Å². The largest absolute Gasteiger partial charge is 0.360 e. The second-order valence-electron chi connectivity index (χ2n) is 5.55. The van der Waals surface area contributed by atoms with Crippen LogP contribution < -0.4 is 10.7 Å². The minimum absolute atomic E-state index is 0.0685. The van der Waals surface area contributed by atoms with Gasteiger partial charge in [-0.05, 0) is 55.3 Å². The van der Waals surface area contributed by atoms with E-state index in [0.29, 0.717) is 21.6 Å². The molecule has 0 unspecified atom stereocenters. The summed E-state index contributed by atoms with van der Waals surface area (Å²) in [5.74, 6) is -0.437. The Hall–Kier alpha value is -2.59. The van der Waals surface area contributed by atoms with Gasteiger partial charge in [-0.15, -0.1) is 0 Å². The molecule has 0 fully saturated rings. The van der Waals surface area contributed by atoms with E-state index in [4.69, 9.17) is 11.6 Å². The number of nitrogens with one attached hydrogen (secondary N) is 2. The summed E-state index contributed by atoms with van der Waals surface area (Å²) in [7, 11) is 0. The molecule has 23 heavy (non-hydrogen) atoms.